The van der Waals surface area contributed by atoms with Crippen molar-refractivity contribution in [3.8, 4) is 11.5 Å². The van der Waals surface area contributed by atoms with Crippen molar-refractivity contribution in [1.29, 1.82) is 0 Å². The molecule has 0 saturated heterocycles. The van der Waals surface area contributed by atoms with Crippen LogP contribution in [0.4, 0.5) is 0 Å². The summed E-state index contributed by atoms with van der Waals surface area (Å²) in [6.07, 6.45) is 0. The maximum Gasteiger partial charge on any atom is 0.251 e. The fourth-order valence-corrected chi connectivity index (χ4v) is 4.08. The maximum atomic E-state index is 12.4. The summed E-state index contributed by atoms with van der Waals surface area (Å²) in [5.41, 5.74) is 1.97. The van der Waals surface area contributed by atoms with Gasteiger partial charge in [0.15, 0.2) is 11.5 Å². The molecule has 0 unspecified atom stereocenters. The van der Waals surface area contributed by atoms with E-state index in [0.29, 0.717) is 35.8 Å². The van der Waals surface area contributed by atoms with Crippen molar-refractivity contribution in [2.45, 2.75) is 18.7 Å². The van der Waals surface area contributed by atoms with Crippen molar-refractivity contribution in [3.05, 3.63) is 53.1 Å². The molecule has 0 aromatic heterocycles. The number of ether oxygens (including phenoxy) is 2. The van der Waals surface area contributed by atoms with E-state index < -0.39 is 10.0 Å². The third-order valence-corrected chi connectivity index (χ3v) is 5.74. The third kappa shape index (κ3) is 4.58. The first kappa shape index (κ1) is 19.2. The smallest absolute Gasteiger partial charge is 0.251 e. The second-order valence-corrected chi connectivity index (χ2v) is 8.02. The molecule has 1 aliphatic heterocycles. The Morgan fingerprint density at radius 3 is 2.52 bits per heavy atom. The van der Waals surface area contributed by atoms with Gasteiger partial charge in [-0.15, -0.1) is 0 Å². The van der Waals surface area contributed by atoms with Crippen molar-refractivity contribution in [1.82, 2.24) is 10.0 Å². The Balaban J connectivity index is 1.55. The zero-order valence-corrected chi connectivity index (χ0v) is 16.1. The van der Waals surface area contributed by atoms with Crippen molar-refractivity contribution in [2.24, 2.45) is 0 Å². The van der Waals surface area contributed by atoms with E-state index in [0.717, 1.165) is 5.56 Å². The van der Waals surface area contributed by atoms with Crippen LogP contribution in [0.3, 0.4) is 0 Å². The summed E-state index contributed by atoms with van der Waals surface area (Å²) < 4.78 is 38.2. The van der Waals surface area contributed by atoms with Crippen LogP contribution in [0, 0.1) is 13.8 Å². The topological polar surface area (TPSA) is 93.7 Å². The lowest BCUT2D eigenvalue weighted by atomic mass is 10.2. The molecule has 0 radical (unpaired) electrons. The molecule has 0 fully saturated rings. The Morgan fingerprint density at radius 1 is 1.00 bits per heavy atom. The molecule has 3 rings (SSSR count). The lowest BCUT2D eigenvalue weighted by Crippen LogP contribution is -2.35. The number of amides is 1. The SMILES string of the molecule is Cc1ccc(C)c(S(=O)(=O)NCCNC(=O)c2ccc3c(c2)OCCO3)c1. The number of carbonyl (C=O) groups excluding carboxylic acids is 1. The highest BCUT2D eigenvalue weighted by Crippen LogP contribution is 2.30. The van der Waals surface area contributed by atoms with Gasteiger partial charge < -0.3 is 14.8 Å². The van der Waals surface area contributed by atoms with Gasteiger partial charge in [0.2, 0.25) is 10.0 Å². The molecule has 2 N–H and O–H groups in total. The lowest BCUT2D eigenvalue weighted by Gasteiger charge is -2.18. The van der Waals surface area contributed by atoms with Crippen LogP contribution in [0.5, 0.6) is 11.5 Å². The first-order chi connectivity index (χ1) is 12.9. The Morgan fingerprint density at radius 2 is 1.74 bits per heavy atom. The maximum absolute atomic E-state index is 12.4. The minimum atomic E-state index is -3.63. The van der Waals surface area contributed by atoms with E-state index >= 15 is 0 Å². The lowest BCUT2D eigenvalue weighted by molar-refractivity contribution is 0.0953. The fraction of sp³-hybridized carbons (Fsp3) is 0.316. The molecule has 0 spiro atoms. The molecule has 1 amide bonds. The number of fused-ring (bicyclic) bond motifs is 1. The minimum Gasteiger partial charge on any atom is -0.486 e. The molecular formula is C19H22N2O5S. The molecular weight excluding hydrogens is 368 g/mol. The van der Waals surface area contributed by atoms with E-state index in [9.17, 15) is 13.2 Å². The van der Waals surface area contributed by atoms with E-state index in [2.05, 4.69) is 10.0 Å². The van der Waals surface area contributed by atoms with E-state index in [4.69, 9.17) is 9.47 Å². The number of rotatable bonds is 6. The van der Waals surface area contributed by atoms with Crippen LogP contribution in [-0.2, 0) is 10.0 Å². The van der Waals surface area contributed by atoms with E-state index in [1.165, 1.54) is 0 Å². The van der Waals surface area contributed by atoms with Crippen LogP contribution < -0.4 is 19.5 Å². The Kier molecular flexibility index (Phi) is 5.67. The van der Waals surface area contributed by atoms with Crippen molar-refractivity contribution in [2.75, 3.05) is 26.3 Å². The number of hydrogen-bond acceptors (Lipinski definition) is 5. The number of nitrogens with one attached hydrogen (secondary N) is 2. The first-order valence-electron chi connectivity index (χ1n) is 8.61. The van der Waals surface area contributed by atoms with Gasteiger partial charge in [0.1, 0.15) is 13.2 Å². The molecule has 1 aliphatic rings. The van der Waals surface area contributed by atoms with E-state index in [1.54, 1.807) is 37.3 Å². The predicted molar refractivity (Wildman–Crippen MR) is 101 cm³/mol. The number of aryl methyl sites for hydroxylation is 2. The van der Waals surface area contributed by atoms with E-state index in [1.807, 2.05) is 13.0 Å². The van der Waals surface area contributed by atoms with Gasteiger partial charge in [0, 0.05) is 18.7 Å². The molecule has 0 atom stereocenters. The highest BCUT2D eigenvalue weighted by atomic mass is 32.2. The monoisotopic (exact) mass is 390 g/mol. The summed E-state index contributed by atoms with van der Waals surface area (Å²) in [5, 5.41) is 2.69. The number of hydrogen-bond donors (Lipinski definition) is 2. The number of sulfonamides is 1. The zero-order valence-electron chi connectivity index (χ0n) is 15.2. The highest BCUT2D eigenvalue weighted by molar-refractivity contribution is 7.89. The summed E-state index contributed by atoms with van der Waals surface area (Å²) in [4.78, 5) is 12.5. The van der Waals surface area contributed by atoms with Gasteiger partial charge in [-0.1, -0.05) is 12.1 Å². The molecule has 1 heterocycles. The summed E-state index contributed by atoms with van der Waals surface area (Å²) in [6, 6.07) is 10.2. The van der Waals surface area contributed by atoms with Crippen LogP contribution in [0.1, 0.15) is 21.5 Å². The number of carbonyl (C=O) groups is 1. The van der Waals surface area contributed by atoms with Crippen LogP contribution >= 0.6 is 0 Å². The fourth-order valence-electron chi connectivity index (χ4n) is 2.72. The molecule has 144 valence electrons. The summed E-state index contributed by atoms with van der Waals surface area (Å²) in [5.74, 6) is 0.835. The Bertz CT molecular complexity index is 957. The second kappa shape index (κ2) is 7.98. The highest BCUT2D eigenvalue weighted by Gasteiger charge is 2.17. The van der Waals surface area contributed by atoms with Gasteiger partial charge in [0.25, 0.3) is 5.91 Å². The molecule has 2 aromatic carbocycles. The Hall–Kier alpha value is -2.58. The number of benzene rings is 2. The molecule has 0 bridgehead atoms. The third-order valence-electron chi connectivity index (χ3n) is 4.14. The van der Waals surface area contributed by atoms with Crippen LogP contribution in [0.25, 0.3) is 0 Å². The minimum absolute atomic E-state index is 0.0893. The largest absolute Gasteiger partial charge is 0.486 e. The first-order valence-corrected chi connectivity index (χ1v) is 10.1. The zero-order chi connectivity index (χ0) is 19.4. The van der Waals surface area contributed by atoms with Crippen molar-refractivity contribution in [3.63, 3.8) is 0 Å². The standard InChI is InChI=1S/C19H22N2O5S/c1-13-3-4-14(2)18(11-13)27(23,24)21-8-7-20-19(22)15-5-6-16-17(12-15)26-10-9-25-16/h3-6,11-12,21H,7-10H2,1-2H3,(H,20,22). The second-order valence-electron chi connectivity index (χ2n) is 6.28. The van der Waals surface area contributed by atoms with Gasteiger partial charge >= 0.3 is 0 Å². The van der Waals surface area contributed by atoms with Gasteiger partial charge in [-0.25, -0.2) is 13.1 Å². The normalized spacial score (nSPS) is 13.3. The quantitative estimate of drug-likeness (QED) is 0.734. The predicted octanol–water partition coefficient (Wildman–Crippen LogP) is 1.78. The van der Waals surface area contributed by atoms with Crippen molar-refractivity contribution < 1.29 is 22.7 Å². The molecule has 27 heavy (non-hydrogen) atoms. The molecule has 0 aliphatic carbocycles. The van der Waals surface area contributed by atoms with E-state index in [-0.39, 0.29) is 23.9 Å². The van der Waals surface area contributed by atoms with Gasteiger partial charge in [-0.05, 0) is 49.2 Å². The summed E-state index contributed by atoms with van der Waals surface area (Å²) in [7, 11) is -3.63. The van der Waals surface area contributed by atoms with Crippen LogP contribution in [-0.4, -0.2) is 40.6 Å². The summed E-state index contributed by atoms with van der Waals surface area (Å²) >= 11 is 0. The molecule has 7 nitrogen and oxygen atoms in total. The summed E-state index contributed by atoms with van der Waals surface area (Å²) in [6.45, 7) is 4.77. The molecule has 2 aromatic rings. The Labute approximate surface area is 158 Å². The van der Waals surface area contributed by atoms with Gasteiger partial charge in [0.05, 0.1) is 4.90 Å². The van der Waals surface area contributed by atoms with Gasteiger partial charge in [-0.3, -0.25) is 4.79 Å². The average Bonchev–Trinajstić information content (AvgIpc) is 2.66. The molecule has 0 saturated carbocycles. The molecule has 8 heteroatoms. The van der Waals surface area contributed by atoms with Crippen LogP contribution in [0.15, 0.2) is 41.3 Å². The average molecular weight is 390 g/mol. The van der Waals surface area contributed by atoms with Crippen LogP contribution in [0.2, 0.25) is 0 Å². The van der Waals surface area contributed by atoms with Crippen molar-refractivity contribution >= 4 is 15.9 Å². The van der Waals surface area contributed by atoms with Gasteiger partial charge in [-0.2, -0.15) is 0 Å².